The molecule has 1 aliphatic rings. The van der Waals surface area contributed by atoms with Crippen LogP contribution in [0.15, 0.2) is 36.5 Å². The Kier molecular flexibility index (Phi) is 2.44. The number of ether oxygens (including phenoxy) is 1. The summed E-state index contributed by atoms with van der Waals surface area (Å²) >= 11 is 0. The van der Waals surface area contributed by atoms with Crippen LogP contribution in [0.4, 0.5) is 5.69 Å². The number of carbonyl (C=O) groups is 1. The van der Waals surface area contributed by atoms with Gasteiger partial charge in [-0.2, -0.15) is 0 Å². The lowest BCUT2D eigenvalue weighted by atomic mass is 10.1. The molecule has 0 saturated heterocycles. The maximum Gasteiger partial charge on any atom is 0.268 e. The smallest absolute Gasteiger partial charge is 0.268 e. The van der Waals surface area contributed by atoms with Crippen LogP contribution in [0.25, 0.3) is 0 Å². The van der Waals surface area contributed by atoms with Gasteiger partial charge in [0.15, 0.2) is 0 Å². The van der Waals surface area contributed by atoms with Gasteiger partial charge in [-0.05, 0) is 12.1 Å². The van der Waals surface area contributed by atoms with Crippen molar-refractivity contribution in [1.82, 2.24) is 10.3 Å². The number of benzene rings is 1. The number of nitrogens with one attached hydrogen (secondary N) is 2. The first-order valence-corrected chi connectivity index (χ1v) is 5.70. The average Bonchev–Trinajstić information content (AvgIpc) is 2.97. The number of H-pyrrole nitrogens is 1. The van der Waals surface area contributed by atoms with Crippen molar-refractivity contribution in [2.75, 3.05) is 12.3 Å². The van der Waals surface area contributed by atoms with Gasteiger partial charge in [-0.1, -0.05) is 18.2 Å². The zero-order chi connectivity index (χ0) is 12.5. The molecule has 5 nitrogen and oxygen atoms in total. The van der Waals surface area contributed by atoms with Gasteiger partial charge in [0.25, 0.3) is 5.91 Å². The lowest BCUT2D eigenvalue weighted by Crippen LogP contribution is -2.29. The van der Waals surface area contributed by atoms with Crippen LogP contribution in [0.2, 0.25) is 0 Å². The normalized spacial score (nSPS) is 17.0. The summed E-state index contributed by atoms with van der Waals surface area (Å²) in [4.78, 5) is 14.8. The third-order valence-corrected chi connectivity index (χ3v) is 2.96. The van der Waals surface area contributed by atoms with E-state index in [2.05, 4.69) is 10.3 Å². The number of hydrogen-bond donors (Lipinski definition) is 3. The second kappa shape index (κ2) is 4.10. The third kappa shape index (κ3) is 1.79. The van der Waals surface area contributed by atoms with E-state index < -0.39 is 0 Å². The molecule has 0 spiro atoms. The number of anilines is 1. The number of para-hydroxylation sites is 1. The molecule has 1 aromatic heterocycles. The van der Waals surface area contributed by atoms with E-state index in [1.54, 1.807) is 12.3 Å². The molecule has 0 bridgehead atoms. The fourth-order valence-corrected chi connectivity index (χ4v) is 2.06. The Morgan fingerprint density at radius 2 is 2.28 bits per heavy atom. The molecular weight excluding hydrogens is 230 g/mol. The van der Waals surface area contributed by atoms with Gasteiger partial charge in [-0.3, -0.25) is 4.79 Å². The van der Waals surface area contributed by atoms with Gasteiger partial charge in [0.2, 0.25) is 0 Å². The van der Waals surface area contributed by atoms with Crippen molar-refractivity contribution in [2.24, 2.45) is 0 Å². The highest BCUT2D eigenvalue weighted by atomic mass is 16.5. The van der Waals surface area contributed by atoms with Crippen molar-refractivity contribution in [3.05, 3.63) is 47.8 Å². The van der Waals surface area contributed by atoms with Gasteiger partial charge < -0.3 is 20.8 Å². The molecule has 0 saturated carbocycles. The number of nitrogen functional groups attached to an aromatic ring is 1. The molecule has 1 amide bonds. The molecule has 1 aliphatic heterocycles. The second-order valence-electron chi connectivity index (χ2n) is 4.22. The quantitative estimate of drug-likeness (QED) is 0.747. The lowest BCUT2D eigenvalue weighted by molar-refractivity contribution is 0.0926. The molecule has 1 atom stereocenters. The molecule has 0 aliphatic carbocycles. The van der Waals surface area contributed by atoms with Crippen LogP contribution in [0.3, 0.4) is 0 Å². The predicted octanol–water partition coefficient (Wildman–Crippen LogP) is 1.46. The Bertz CT molecular complexity index is 591. The topological polar surface area (TPSA) is 80.1 Å². The minimum absolute atomic E-state index is 0.113. The molecule has 92 valence electrons. The molecular formula is C13H13N3O2. The fraction of sp³-hybridized carbons (Fsp3) is 0.154. The molecule has 0 fully saturated rings. The number of carbonyl (C=O) groups excluding carboxylic acids is 1. The molecule has 2 heterocycles. The van der Waals surface area contributed by atoms with Gasteiger partial charge in [-0.15, -0.1) is 0 Å². The SMILES string of the molecule is Nc1c[nH]c(C(=O)NC2COc3ccccc32)c1. The number of rotatable bonds is 2. The minimum Gasteiger partial charge on any atom is -0.491 e. The van der Waals surface area contributed by atoms with E-state index in [1.807, 2.05) is 24.3 Å². The van der Waals surface area contributed by atoms with Crippen LogP contribution in [-0.4, -0.2) is 17.5 Å². The van der Waals surface area contributed by atoms with Crippen molar-refractivity contribution in [1.29, 1.82) is 0 Å². The Morgan fingerprint density at radius 3 is 3.06 bits per heavy atom. The van der Waals surface area contributed by atoms with Crippen LogP contribution in [0, 0.1) is 0 Å². The largest absolute Gasteiger partial charge is 0.491 e. The first-order chi connectivity index (χ1) is 8.74. The van der Waals surface area contributed by atoms with Crippen LogP contribution in [-0.2, 0) is 0 Å². The lowest BCUT2D eigenvalue weighted by Gasteiger charge is -2.10. The predicted molar refractivity (Wildman–Crippen MR) is 67.3 cm³/mol. The summed E-state index contributed by atoms with van der Waals surface area (Å²) in [5.41, 5.74) is 7.57. The van der Waals surface area contributed by atoms with E-state index in [0.29, 0.717) is 18.0 Å². The zero-order valence-corrected chi connectivity index (χ0v) is 9.64. The van der Waals surface area contributed by atoms with E-state index in [4.69, 9.17) is 10.5 Å². The highest BCUT2D eigenvalue weighted by molar-refractivity contribution is 5.93. The van der Waals surface area contributed by atoms with Gasteiger partial charge in [0.1, 0.15) is 18.1 Å². The second-order valence-corrected chi connectivity index (χ2v) is 4.22. The summed E-state index contributed by atoms with van der Waals surface area (Å²) in [6.07, 6.45) is 1.59. The van der Waals surface area contributed by atoms with E-state index in [9.17, 15) is 4.79 Å². The molecule has 2 aromatic rings. The summed E-state index contributed by atoms with van der Waals surface area (Å²) in [5.74, 6) is 0.644. The van der Waals surface area contributed by atoms with E-state index >= 15 is 0 Å². The molecule has 5 heteroatoms. The number of aromatic nitrogens is 1. The Morgan fingerprint density at radius 1 is 1.44 bits per heavy atom. The van der Waals surface area contributed by atoms with E-state index in [-0.39, 0.29) is 11.9 Å². The maximum atomic E-state index is 12.0. The van der Waals surface area contributed by atoms with Gasteiger partial charge in [-0.25, -0.2) is 0 Å². The number of nitrogens with two attached hydrogens (primary N) is 1. The molecule has 1 unspecified atom stereocenters. The summed E-state index contributed by atoms with van der Waals surface area (Å²) in [5, 5.41) is 2.91. The maximum absolute atomic E-state index is 12.0. The minimum atomic E-state index is -0.183. The Labute approximate surface area is 104 Å². The highest BCUT2D eigenvalue weighted by Gasteiger charge is 2.25. The Balaban J connectivity index is 1.77. The van der Waals surface area contributed by atoms with Crippen molar-refractivity contribution in [3.63, 3.8) is 0 Å². The number of hydrogen-bond acceptors (Lipinski definition) is 3. The molecule has 4 N–H and O–H groups in total. The zero-order valence-electron chi connectivity index (χ0n) is 9.64. The van der Waals surface area contributed by atoms with Gasteiger partial charge in [0.05, 0.1) is 6.04 Å². The first-order valence-electron chi connectivity index (χ1n) is 5.70. The molecule has 0 radical (unpaired) electrons. The number of fused-ring (bicyclic) bond motifs is 1. The molecule has 3 rings (SSSR count). The summed E-state index contributed by atoms with van der Waals surface area (Å²) in [6, 6.07) is 9.19. The van der Waals surface area contributed by atoms with Crippen molar-refractivity contribution in [2.45, 2.75) is 6.04 Å². The monoisotopic (exact) mass is 243 g/mol. The summed E-state index contributed by atoms with van der Waals surface area (Å²) < 4.78 is 5.50. The fourth-order valence-electron chi connectivity index (χ4n) is 2.06. The number of amides is 1. The van der Waals surface area contributed by atoms with Crippen molar-refractivity contribution >= 4 is 11.6 Å². The van der Waals surface area contributed by atoms with Crippen molar-refractivity contribution in [3.8, 4) is 5.75 Å². The standard InChI is InChI=1S/C13H13N3O2/c14-8-5-10(15-6-8)13(17)16-11-7-18-12-4-2-1-3-9(11)12/h1-6,11,15H,7,14H2,(H,16,17). The van der Waals surface area contributed by atoms with Crippen LogP contribution < -0.4 is 15.8 Å². The molecule has 1 aromatic carbocycles. The Hall–Kier alpha value is -2.43. The van der Waals surface area contributed by atoms with Gasteiger partial charge >= 0.3 is 0 Å². The van der Waals surface area contributed by atoms with Crippen LogP contribution in [0.5, 0.6) is 5.75 Å². The first kappa shape index (κ1) is 10.7. The third-order valence-electron chi connectivity index (χ3n) is 2.96. The summed E-state index contributed by atoms with van der Waals surface area (Å²) in [6.45, 7) is 0.460. The van der Waals surface area contributed by atoms with Crippen LogP contribution in [0.1, 0.15) is 22.1 Å². The average molecular weight is 243 g/mol. The van der Waals surface area contributed by atoms with E-state index in [0.717, 1.165) is 11.3 Å². The van der Waals surface area contributed by atoms with Crippen molar-refractivity contribution < 1.29 is 9.53 Å². The molecule has 18 heavy (non-hydrogen) atoms. The van der Waals surface area contributed by atoms with E-state index in [1.165, 1.54) is 0 Å². The summed E-state index contributed by atoms with van der Waals surface area (Å²) in [7, 11) is 0. The van der Waals surface area contributed by atoms with Gasteiger partial charge in [0, 0.05) is 17.4 Å². The highest BCUT2D eigenvalue weighted by Crippen LogP contribution is 2.31. The number of aromatic amines is 1. The van der Waals surface area contributed by atoms with Crippen LogP contribution >= 0.6 is 0 Å².